The van der Waals surface area contributed by atoms with E-state index in [1.807, 2.05) is 0 Å². The molecule has 0 radical (unpaired) electrons. The minimum Gasteiger partial charge on any atom is -0.458 e. The van der Waals surface area contributed by atoms with Crippen LogP contribution in [0, 0.1) is 0 Å². The Kier molecular flexibility index (Phi) is 10.3. The monoisotopic (exact) mass is 1060 g/mol. The topological polar surface area (TPSA) is 28.3 Å². The smallest absolute Gasteiger partial charge is 0.260 e. The average molecular weight is 1060 g/mol. The highest BCUT2D eigenvalue weighted by atomic mass is 16.5. The van der Waals surface area contributed by atoms with Crippen LogP contribution in [0.1, 0.15) is 26.3 Å². The maximum atomic E-state index is 7.40. The van der Waals surface area contributed by atoms with Crippen LogP contribution in [0.5, 0.6) is 23.0 Å². The Balaban J connectivity index is 0.906. The summed E-state index contributed by atoms with van der Waals surface area (Å²) in [6.07, 6.45) is 0. The van der Waals surface area contributed by atoms with E-state index in [0.29, 0.717) is 0 Å². The first-order valence-electron chi connectivity index (χ1n) is 28.8. The normalized spacial score (nSPS) is 12.7. The van der Waals surface area contributed by atoms with Crippen molar-refractivity contribution in [3.05, 3.63) is 272 Å². The van der Waals surface area contributed by atoms with E-state index in [1.54, 1.807) is 0 Å². The van der Waals surface area contributed by atoms with Gasteiger partial charge in [0.05, 0.1) is 22.1 Å². The molecule has 15 aromatic rings. The molecule has 4 heterocycles. The van der Waals surface area contributed by atoms with Crippen molar-refractivity contribution in [2.45, 2.75) is 26.2 Å². The molecule has 0 amide bonds. The van der Waals surface area contributed by atoms with Gasteiger partial charge in [0.1, 0.15) is 23.0 Å². The Bertz CT molecular complexity index is 4860. The minimum absolute atomic E-state index is 0.0437. The van der Waals surface area contributed by atoms with Gasteiger partial charge in [-0.15, -0.1) is 0 Å². The predicted octanol–water partition coefficient (Wildman–Crippen LogP) is 18.9. The van der Waals surface area contributed by atoms with Crippen molar-refractivity contribution < 1.29 is 9.47 Å². The van der Waals surface area contributed by atoms with Crippen molar-refractivity contribution in [1.82, 2.24) is 9.13 Å². The lowest BCUT2D eigenvalue weighted by molar-refractivity contribution is 0.464. The van der Waals surface area contributed by atoms with Crippen molar-refractivity contribution in [3.8, 4) is 78.9 Å². The Morgan fingerprint density at radius 2 is 0.663 bits per heavy atom. The summed E-state index contributed by atoms with van der Waals surface area (Å²) in [5.41, 5.74) is 20.4. The summed E-state index contributed by atoms with van der Waals surface area (Å²) in [6, 6.07) is 98.0. The van der Waals surface area contributed by atoms with Crippen LogP contribution in [0.25, 0.3) is 121 Å². The molecule has 17 rings (SSSR count). The third-order valence-electron chi connectivity index (χ3n) is 17.7. The molecule has 0 spiro atoms. The molecule has 0 saturated carbocycles. The molecule has 0 N–H and O–H groups in total. The summed E-state index contributed by atoms with van der Waals surface area (Å²) in [4.78, 5) is 0. The molecule has 0 fully saturated rings. The fraction of sp³-hybridized carbons (Fsp3) is 0.0513. The van der Waals surface area contributed by atoms with Crippen molar-refractivity contribution in [2.75, 3.05) is 0 Å². The molecule has 0 aliphatic carbocycles. The highest BCUT2D eigenvalue weighted by Gasteiger charge is 2.41. The molecule has 0 saturated heterocycles. The van der Waals surface area contributed by atoms with Crippen LogP contribution in [-0.2, 0) is 5.41 Å². The van der Waals surface area contributed by atoms with Crippen LogP contribution in [0.4, 0.5) is 0 Å². The summed E-state index contributed by atoms with van der Waals surface area (Å²) in [5.74, 6) is 3.23. The predicted molar refractivity (Wildman–Crippen MR) is 348 cm³/mol. The molecular formula is C78H53BN2O2. The molecule has 390 valence electrons. The van der Waals surface area contributed by atoms with E-state index in [0.717, 1.165) is 95.1 Å². The molecule has 2 aliphatic heterocycles. The second-order valence-electron chi connectivity index (χ2n) is 23.5. The third kappa shape index (κ3) is 7.34. The van der Waals surface area contributed by atoms with Gasteiger partial charge in [-0.2, -0.15) is 0 Å². The Hall–Kier alpha value is -10.4. The van der Waals surface area contributed by atoms with Gasteiger partial charge in [0.25, 0.3) is 6.71 Å². The van der Waals surface area contributed by atoms with Crippen molar-refractivity contribution >= 4 is 88.3 Å². The molecule has 2 aliphatic rings. The zero-order valence-electron chi connectivity index (χ0n) is 46.2. The molecule has 2 aromatic heterocycles. The third-order valence-corrected chi connectivity index (χ3v) is 17.7. The highest BCUT2D eigenvalue weighted by Crippen LogP contribution is 2.48. The van der Waals surface area contributed by atoms with Gasteiger partial charge in [0.2, 0.25) is 0 Å². The lowest BCUT2D eigenvalue weighted by Crippen LogP contribution is -2.57. The van der Waals surface area contributed by atoms with E-state index in [9.17, 15) is 0 Å². The number of para-hydroxylation sites is 4. The SMILES string of the molecule is CC(C)(C)c1cccc(-c2cc(-c3cc4c5c(c3)Oc3cc(-n6c7ccccc7c7ccccc76)ccc3B5c3ccc(-n5c6ccccc6c6ccccc65)cc3O4)cc(-c3c4ccccc4c(-c4ccccc4)c4ccccc34)c2)c1. The van der Waals surface area contributed by atoms with Crippen LogP contribution >= 0.6 is 0 Å². The highest BCUT2D eigenvalue weighted by molar-refractivity contribution is 6.98. The number of aromatic nitrogens is 2. The van der Waals surface area contributed by atoms with Crippen molar-refractivity contribution in [3.63, 3.8) is 0 Å². The molecule has 13 aromatic carbocycles. The van der Waals surface area contributed by atoms with Crippen molar-refractivity contribution in [2.24, 2.45) is 0 Å². The number of hydrogen-bond acceptors (Lipinski definition) is 2. The zero-order chi connectivity index (χ0) is 55.1. The second-order valence-corrected chi connectivity index (χ2v) is 23.5. The maximum Gasteiger partial charge on any atom is 0.260 e. The Morgan fingerprint density at radius 1 is 0.289 bits per heavy atom. The van der Waals surface area contributed by atoms with Crippen LogP contribution in [0.15, 0.2) is 267 Å². The van der Waals surface area contributed by atoms with Gasteiger partial charge in [0, 0.05) is 50.5 Å². The number of ether oxygens (including phenoxy) is 2. The first kappa shape index (κ1) is 47.5. The van der Waals surface area contributed by atoms with Crippen LogP contribution in [0.2, 0.25) is 0 Å². The Labute approximate surface area is 481 Å². The molecule has 83 heavy (non-hydrogen) atoms. The number of benzene rings is 13. The summed E-state index contributed by atoms with van der Waals surface area (Å²) in [5, 5.41) is 9.74. The van der Waals surface area contributed by atoms with Gasteiger partial charge in [-0.3, -0.25) is 0 Å². The summed E-state index contributed by atoms with van der Waals surface area (Å²) < 4.78 is 19.6. The first-order chi connectivity index (χ1) is 40.8. The van der Waals surface area contributed by atoms with Crippen LogP contribution < -0.4 is 25.9 Å². The average Bonchev–Trinajstić information content (AvgIpc) is 2.60. The first-order valence-corrected chi connectivity index (χ1v) is 28.8. The lowest BCUT2D eigenvalue weighted by Gasteiger charge is -2.34. The van der Waals surface area contributed by atoms with Crippen LogP contribution in [-0.4, -0.2) is 15.8 Å². The molecular weight excluding hydrogens is 1010 g/mol. The van der Waals surface area contributed by atoms with Gasteiger partial charge in [-0.05, 0) is 155 Å². The zero-order valence-corrected chi connectivity index (χ0v) is 46.2. The summed E-state index contributed by atoms with van der Waals surface area (Å²) >= 11 is 0. The summed E-state index contributed by atoms with van der Waals surface area (Å²) in [6.45, 7) is 6.71. The van der Waals surface area contributed by atoms with Gasteiger partial charge in [-0.25, -0.2) is 0 Å². The molecule has 0 atom stereocenters. The van der Waals surface area contributed by atoms with E-state index in [-0.39, 0.29) is 12.1 Å². The molecule has 5 heteroatoms. The van der Waals surface area contributed by atoms with Gasteiger partial charge in [0.15, 0.2) is 0 Å². The molecule has 0 unspecified atom stereocenters. The van der Waals surface area contributed by atoms with Gasteiger partial charge >= 0.3 is 0 Å². The van der Waals surface area contributed by atoms with E-state index >= 15 is 0 Å². The number of nitrogens with zero attached hydrogens (tertiary/aromatic N) is 2. The quantitative estimate of drug-likeness (QED) is 0.123. The maximum absolute atomic E-state index is 7.40. The van der Waals surface area contributed by atoms with E-state index in [2.05, 4.69) is 297 Å². The fourth-order valence-electron chi connectivity index (χ4n) is 13.9. The fourth-order valence-corrected chi connectivity index (χ4v) is 13.9. The lowest BCUT2D eigenvalue weighted by atomic mass is 9.35. The largest absolute Gasteiger partial charge is 0.458 e. The standard InChI is InChI=1S/C78H53BN2O2/c1-78(2,3)54-23-19-22-49(43-54)50-40-51(42-53(41-50)76-63-30-9-7-28-61(63)75(48-20-5-4-6-21-48)62-29-8-10-31-64(62)76)52-44-73-77-74(45-52)83-72-47-56(81-69-34-17-13-26-59(69)60-27-14-18-35-70(60)81)37-39-66(72)79(77)65-38-36-55(46-71(65)82-73)80-67-32-15-11-24-57(67)58-25-12-16-33-68(58)80/h4-47H,1-3H3. The van der Waals surface area contributed by atoms with Crippen molar-refractivity contribution in [1.29, 1.82) is 0 Å². The Morgan fingerprint density at radius 3 is 1.12 bits per heavy atom. The van der Waals surface area contributed by atoms with E-state index in [4.69, 9.17) is 9.47 Å². The van der Waals surface area contributed by atoms with Crippen LogP contribution in [0.3, 0.4) is 0 Å². The molecule has 0 bridgehead atoms. The number of hydrogen-bond donors (Lipinski definition) is 0. The summed E-state index contributed by atoms with van der Waals surface area (Å²) in [7, 11) is 0. The number of rotatable bonds is 6. The minimum atomic E-state index is -0.163. The van der Waals surface area contributed by atoms with Gasteiger partial charge in [-0.1, -0.05) is 209 Å². The van der Waals surface area contributed by atoms with E-state index < -0.39 is 0 Å². The van der Waals surface area contributed by atoms with E-state index in [1.165, 1.54) is 70.9 Å². The second kappa shape index (κ2) is 18.1. The number of fused-ring (bicyclic) bond motifs is 12. The van der Waals surface area contributed by atoms with Gasteiger partial charge < -0.3 is 18.6 Å². The molecule has 4 nitrogen and oxygen atoms in total.